The van der Waals surface area contributed by atoms with E-state index in [9.17, 15) is 9.59 Å². The molecule has 1 amide bonds. The number of hydrogen-bond acceptors (Lipinski definition) is 4. The van der Waals surface area contributed by atoms with E-state index in [1.165, 1.54) is 0 Å². The standard InChI is InChI=1S/C20H18ClN5O2/c1-12(26-20(28)15-4-2-3-5-18(15)24-25-26)19(27)22-9-8-13-11-23-17-7-6-14(21)10-16(13)17/h2-7,10-12,23H,8-9H2,1H3,(H,22,27)/t12-/m1/s1. The van der Waals surface area contributed by atoms with Gasteiger partial charge in [0.25, 0.3) is 5.56 Å². The van der Waals surface area contributed by atoms with E-state index in [1.54, 1.807) is 31.2 Å². The molecule has 0 fully saturated rings. The summed E-state index contributed by atoms with van der Waals surface area (Å²) in [7, 11) is 0. The van der Waals surface area contributed by atoms with Gasteiger partial charge in [0.1, 0.15) is 11.6 Å². The number of amides is 1. The molecule has 142 valence electrons. The van der Waals surface area contributed by atoms with Crippen molar-refractivity contribution in [3.05, 3.63) is 69.6 Å². The second-order valence-electron chi connectivity index (χ2n) is 6.58. The Kier molecular flexibility index (Phi) is 4.83. The maximum Gasteiger partial charge on any atom is 0.278 e. The number of fused-ring (bicyclic) bond motifs is 2. The topological polar surface area (TPSA) is 92.7 Å². The molecule has 4 rings (SSSR count). The van der Waals surface area contributed by atoms with E-state index < -0.39 is 6.04 Å². The summed E-state index contributed by atoms with van der Waals surface area (Å²) in [4.78, 5) is 28.3. The number of aromatic nitrogens is 4. The molecule has 0 aliphatic rings. The summed E-state index contributed by atoms with van der Waals surface area (Å²) in [6.45, 7) is 2.06. The van der Waals surface area contributed by atoms with E-state index in [2.05, 4.69) is 20.6 Å². The van der Waals surface area contributed by atoms with Crippen LogP contribution in [0.3, 0.4) is 0 Å². The fraction of sp³-hybridized carbons (Fsp3) is 0.200. The Morgan fingerprint density at radius 2 is 2.07 bits per heavy atom. The molecule has 1 atom stereocenters. The molecule has 2 heterocycles. The lowest BCUT2D eigenvalue weighted by Gasteiger charge is -2.13. The lowest BCUT2D eigenvalue weighted by molar-refractivity contribution is -0.124. The first kappa shape index (κ1) is 18.2. The third-order valence-corrected chi connectivity index (χ3v) is 5.00. The number of benzene rings is 2. The molecular weight excluding hydrogens is 378 g/mol. The Labute approximate surface area is 165 Å². The number of H-pyrrole nitrogens is 1. The Morgan fingerprint density at radius 3 is 2.93 bits per heavy atom. The lowest BCUT2D eigenvalue weighted by Crippen LogP contribution is -2.38. The van der Waals surface area contributed by atoms with Gasteiger partial charge in [-0.2, -0.15) is 4.68 Å². The molecule has 7 nitrogen and oxygen atoms in total. The van der Waals surface area contributed by atoms with Crippen LogP contribution in [0.15, 0.2) is 53.5 Å². The minimum absolute atomic E-state index is 0.287. The van der Waals surface area contributed by atoms with E-state index in [0.717, 1.165) is 21.1 Å². The maximum atomic E-state index is 12.6. The van der Waals surface area contributed by atoms with Gasteiger partial charge >= 0.3 is 0 Å². The zero-order valence-corrected chi connectivity index (χ0v) is 15.9. The monoisotopic (exact) mass is 395 g/mol. The van der Waals surface area contributed by atoms with E-state index in [0.29, 0.717) is 28.9 Å². The number of aromatic amines is 1. The summed E-state index contributed by atoms with van der Waals surface area (Å²) in [6.07, 6.45) is 2.55. The van der Waals surface area contributed by atoms with Gasteiger partial charge in [0, 0.05) is 28.7 Å². The van der Waals surface area contributed by atoms with Gasteiger partial charge in [0.2, 0.25) is 5.91 Å². The normalized spacial score (nSPS) is 12.4. The van der Waals surface area contributed by atoms with Crippen molar-refractivity contribution in [2.24, 2.45) is 0 Å². The van der Waals surface area contributed by atoms with E-state index >= 15 is 0 Å². The first-order valence-corrected chi connectivity index (χ1v) is 9.30. The molecule has 28 heavy (non-hydrogen) atoms. The van der Waals surface area contributed by atoms with Crippen LogP contribution in [0.25, 0.3) is 21.8 Å². The molecule has 0 aliphatic carbocycles. The Bertz CT molecular complexity index is 1230. The van der Waals surface area contributed by atoms with Gasteiger partial charge in [-0.3, -0.25) is 9.59 Å². The summed E-state index contributed by atoms with van der Waals surface area (Å²) >= 11 is 6.07. The molecule has 0 radical (unpaired) electrons. The third kappa shape index (κ3) is 3.36. The first-order valence-electron chi connectivity index (χ1n) is 8.92. The molecule has 2 aromatic carbocycles. The first-order chi connectivity index (χ1) is 13.5. The number of nitrogens with one attached hydrogen (secondary N) is 2. The predicted molar refractivity (Wildman–Crippen MR) is 109 cm³/mol. The summed E-state index contributed by atoms with van der Waals surface area (Å²) in [5.41, 5.74) is 2.24. The fourth-order valence-electron chi connectivity index (χ4n) is 3.19. The van der Waals surface area contributed by atoms with Crippen LogP contribution in [0, 0.1) is 0 Å². The van der Waals surface area contributed by atoms with Crippen LogP contribution in [0.1, 0.15) is 18.5 Å². The van der Waals surface area contributed by atoms with E-state index in [4.69, 9.17) is 11.6 Å². The molecule has 8 heteroatoms. The van der Waals surface area contributed by atoms with Crippen LogP contribution >= 0.6 is 11.6 Å². The highest BCUT2D eigenvalue weighted by Crippen LogP contribution is 2.22. The van der Waals surface area contributed by atoms with Crippen LogP contribution in [0.4, 0.5) is 0 Å². The average Bonchev–Trinajstić information content (AvgIpc) is 3.10. The van der Waals surface area contributed by atoms with Gasteiger partial charge in [-0.05, 0) is 49.2 Å². The van der Waals surface area contributed by atoms with Crippen molar-refractivity contribution in [2.75, 3.05) is 6.54 Å². The molecule has 0 spiro atoms. The van der Waals surface area contributed by atoms with Gasteiger partial charge in [0.15, 0.2) is 0 Å². The average molecular weight is 396 g/mol. The summed E-state index contributed by atoms with van der Waals surface area (Å²) in [5.74, 6) is -0.287. The number of nitrogens with zero attached hydrogens (tertiary/aromatic N) is 3. The fourth-order valence-corrected chi connectivity index (χ4v) is 3.36. The zero-order chi connectivity index (χ0) is 19.7. The number of rotatable bonds is 5. The molecule has 2 N–H and O–H groups in total. The third-order valence-electron chi connectivity index (χ3n) is 4.76. The van der Waals surface area contributed by atoms with E-state index in [-0.39, 0.29) is 11.5 Å². The quantitative estimate of drug-likeness (QED) is 0.543. The van der Waals surface area contributed by atoms with E-state index in [1.807, 2.05) is 24.4 Å². The van der Waals surface area contributed by atoms with Crippen molar-refractivity contribution in [3.8, 4) is 0 Å². The molecule has 0 bridgehead atoms. The SMILES string of the molecule is C[C@H](C(=O)NCCc1c[nH]c2ccc(Cl)cc12)n1nnc2ccccc2c1=O. The highest BCUT2D eigenvalue weighted by molar-refractivity contribution is 6.31. The van der Waals surface area contributed by atoms with Crippen molar-refractivity contribution in [3.63, 3.8) is 0 Å². The number of halogens is 1. The molecule has 0 saturated heterocycles. The van der Waals surface area contributed by atoms with Crippen molar-refractivity contribution < 1.29 is 4.79 Å². The predicted octanol–water partition coefficient (Wildman–Crippen LogP) is 2.85. The highest BCUT2D eigenvalue weighted by Gasteiger charge is 2.19. The van der Waals surface area contributed by atoms with Crippen molar-refractivity contribution in [1.82, 2.24) is 25.3 Å². The van der Waals surface area contributed by atoms with Crippen LogP contribution < -0.4 is 10.9 Å². The maximum absolute atomic E-state index is 12.6. The van der Waals surface area contributed by atoms with Crippen LogP contribution in [-0.4, -0.2) is 32.4 Å². The summed E-state index contributed by atoms with van der Waals surface area (Å²) < 4.78 is 1.11. The molecule has 0 unspecified atom stereocenters. The molecular formula is C20H18ClN5O2. The van der Waals surface area contributed by atoms with Crippen LogP contribution in [0.5, 0.6) is 0 Å². The number of hydrogen-bond donors (Lipinski definition) is 2. The summed E-state index contributed by atoms with van der Waals surface area (Å²) in [5, 5.41) is 12.9. The lowest BCUT2D eigenvalue weighted by atomic mass is 10.1. The Morgan fingerprint density at radius 1 is 1.25 bits per heavy atom. The van der Waals surface area contributed by atoms with Crippen LogP contribution in [0.2, 0.25) is 5.02 Å². The molecule has 0 aliphatic heterocycles. The second-order valence-corrected chi connectivity index (χ2v) is 7.01. The number of carbonyl (C=O) groups excluding carboxylic acids is 1. The number of carbonyl (C=O) groups is 1. The Hall–Kier alpha value is -3.19. The minimum Gasteiger partial charge on any atom is -0.361 e. The largest absolute Gasteiger partial charge is 0.361 e. The van der Waals surface area contributed by atoms with Gasteiger partial charge in [-0.25, -0.2) is 0 Å². The molecule has 4 aromatic rings. The zero-order valence-electron chi connectivity index (χ0n) is 15.1. The highest BCUT2D eigenvalue weighted by atomic mass is 35.5. The van der Waals surface area contributed by atoms with Gasteiger partial charge in [0.05, 0.1) is 5.39 Å². The Balaban J connectivity index is 1.45. The van der Waals surface area contributed by atoms with Gasteiger partial charge in [-0.1, -0.05) is 28.9 Å². The molecule has 0 saturated carbocycles. The van der Waals surface area contributed by atoms with Crippen molar-refractivity contribution in [2.45, 2.75) is 19.4 Å². The van der Waals surface area contributed by atoms with Crippen molar-refractivity contribution >= 4 is 39.3 Å². The second kappa shape index (κ2) is 7.44. The summed E-state index contributed by atoms with van der Waals surface area (Å²) in [6, 6.07) is 11.8. The van der Waals surface area contributed by atoms with Crippen LogP contribution in [-0.2, 0) is 11.2 Å². The van der Waals surface area contributed by atoms with Crippen molar-refractivity contribution in [1.29, 1.82) is 0 Å². The van der Waals surface area contributed by atoms with Gasteiger partial charge in [-0.15, -0.1) is 5.10 Å². The minimum atomic E-state index is -0.762. The smallest absolute Gasteiger partial charge is 0.278 e. The molecule has 2 aromatic heterocycles. The van der Waals surface area contributed by atoms with Gasteiger partial charge < -0.3 is 10.3 Å².